The van der Waals surface area contributed by atoms with Crippen LogP contribution in [-0.2, 0) is 4.74 Å². The fraction of sp³-hybridized carbons (Fsp3) is 0.923. The minimum Gasteiger partial charge on any atom is -0.385 e. The van der Waals surface area contributed by atoms with Gasteiger partial charge in [0.15, 0.2) is 5.96 Å². The summed E-state index contributed by atoms with van der Waals surface area (Å²) in [7, 11) is 7.84. The van der Waals surface area contributed by atoms with Crippen LogP contribution in [-0.4, -0.2) is 64.9 Å². The SMILES string of the molecule is CN=C(NCCCOC)NCC(C1CC1)N(C)C. The topological polar surface area (TPSA) is 48.9 Å². The predicted octanol–water partition coefficient (Wildman–Crippen LogP) is 0.528. The Labute approximate surface area is 111 Å². The summed E-state index contributed by atoms with van der Waals surface area (Å²) >= 11 is 0. The Morgan fingerprint density at radius 1 is 1.39 bits per heavy atom. The Morgan fingerprint density at radius 2 is 2.11 bits per heavy atom. The van der Waals surface area contributed by atoms with Gasteiger partial charge in [-0.25, -0.2) is 0 Å². The Balaban J connectivity index is 2.21. The number of methoxy groups -OCH3 is 1. The molecule has 0 bridgehead atoms. The molecule has 1 atom stereocenters. The minimum atomic E-state index is 0.613. The van der Waals surface area contributed by atoms with Crippen LogP contribution in [0.25, 0.3) is 0 Å². The number of aliphatic imine (C=N–C) groups is 1. The molecule has 106 valence electrons. The lowest BCUT2D eigenvalue weighted by atomic mass is 10.1. The molecule has 0 aromatic carbocycles. The molecule has 0 radical (unpaired) electrons. The van der Waals surface area contributed by atoms with Gasteiger partial charge in [-0.2, -0.15) is 0 Å². The lowest BCUT2D eigenvalue weighted by molar-refractivity contribution is 0.195. The number of nitrogens with one attached hydrogen (secondary N) is 2. The van der Waals surface area contributed by atoms with E-state index >= 15 is 0 Å². The fourth-order valence-corrected chi connectivity index (χ4v) is 2.10. The number of ether oxygens (including phenoxy) is 1. The molecule has 1 aliphatic carbocycles. The highest BCUT2D eigenvalue weighted by atomic mass is 16.5. The average Bonchev–Trinajstić information content (AvgIpc) is 3.16. The van der Waals surface area contributed by atoms with E-state index in [1.165, 1.54) is 12.8 Å². The van der Waals surface area contributed by atoms with E-state index in [9.17, 15) is 0 Å². The van der Waals surface area contributed by atoms with Crippen molar-refractivity contribution in [1.29, 1.82) is 0 Å². The molecule has 0 aliphatic heterocycles. The molecule has 0 saturated heterocycles. The van der Waals surface area contributed by atoms with Crippen LogP contribution in [0.3, 0.4) is 0 Å². The third-order valence-corrected chi connectivity index (χ3v) is 3.35. The van der Waals surface area contributed by atoms with Crippen molar-refractivity contribution in [2.75, 3.05) is 47.9 Å². The van der Waals surface area contributed by atoms with Crippen molar-refractivity contribution >= 4 is 5.96 Å². The molecule has 1 unspecified atom stereocenters. The number of hydrogen-bond donors (Lipinski definition) is 2. The first kappa shape index (κ1) is 15.2. The van der Waals surface area contributed by atoms with E-state index in [4.69, 9.17) is 4.74 Å². The monoisotopic (exact) mass is 256 g/mol. The summed E-state index contributed by atoms with van der Waals surface area (Å²) in [4.78, 5) is 6.54. The van der Waals surface area contributed by atoms with Crippen LogP contribution in [0.4, 0.5) is 0 Å². The summed E-state index contributed by atoms with van der Waals surface area (Å²) < 4.78 is 5.02. The van der Waals surface area contributed by atoms with E-state index in [0.717, 1.165) is 38.0 Å². The van der Waals surface area contributed by atoms with E-state index in [1.54, 1.807) is 7.11 Å². The first-order valence-electron chi connectivity index (χ1n) is 6.79. The van der Waals surface area contributed by atoms with Gasteiger partial charge >= 0.3 is 0 Å². The Kier molecular flexibility index (Phi) is 7.05. The maximum Gasteiger partial charge on any atom is 0.191 e. The van der Waals surface area contributed by atoms with Gasteiger partial charge in [-0.1, -0.05) is 0 Å². The molecule has 1 fully saturated rings. The summed E-state index contributed by atoms with van der Waals surface area (Å²) in [6.07, 6.45) is 3.73. The van der Waals surface area contributed by atoms with E-state index in [1.807, 2.05) is 7.05 Å². The molecule has 1 saturated carbocycles. The molecular formula is C13H28N4O. The number of likely N-dealkylation sites (N-methyl/N-ethyl adjacent to an activating group) is 1. The van der Waals surface area contributed by atoms with Gasteiger partial charge in [0.05, 0.1) is 0 Å². The highest BCUT2D eigenvalue weighted by molar-refractivity contribution is 5.79. The summed E-state index contributed by atoms with van der Waals surface area (Å²) in [5, 5.41) is 6.70. The third-order valence-electron chi connectivity index (χ3n) is 3.35. The lowest BCUT2D eigenvalue weighted by Crippen LogP contribution is -2.46. The highest BCUT2D eigenvalue weighted by Gasteiger charge is 2.32. The average molecular weight is 256 g/mol. The van der Waals surface area contributed by atoms with Crippen LogP contribution in [0.5, 0.6) is 0 Å². The van der Waals surface area contributed by atoms with Crippen LogP contribution >= 0.6 is 0 Å². The van der Waals surface area contributed by atoms with E-state index < -0.39 is 0 Å². The van der Waals surface area contributed by atoms with Crippen molar-refractivity contribution < 1.29 is 4.74 Å². The number of guanidine groups is 1. The Morgan fingerprint density at radius 3 is 2.61 bits per heavy atom. The number of hydrogen-bond acceptors (Lipinski definition) is 3. The Hall–Kier alpha value is -0.810. The number of nitrogens with zero attached hydrogens (tertiary/aromatic N) is 2. The largest absolute Gasteiger partial charge is 0.385 e. The molecule has 1 aliphatic rings. The van der Waals surface area contributed by atoms with Gasteiger partial charge in [0.1, 0.15) is 0 Å². The van der Waals surface area contributed by atoms with Gasteiger partial charge in [0.25, 0.3) is 0 Å². The van der Waals surface area contributed by atoms with Gasteiger partial charge in [0.2, 0.25) is 0 Å². The van der Waals surface area contributed by atoms with Crippen molar-refractivity contribution in [3.63, 3.8) is 0 Å². The number of rotatable bonds is 8. The molecule has 5 nitrogen and oxygen atoms in total. The van der Waals surface area contributed by atoms with Crippen molar-refractivity contribution in [2.24, 2.45) is 10.9 Å². The smallest absolute Gasteiger partial charge is 0.191 e. The third kappa shape index (κ3) is 5.69. The fourth-order valence-electron chi connectivity index (χ4n) is 2.10. The van der Waals surface area contributed by atoms with Crippen molar-refractivity contribution in [2.45, 2.75) is 25.3 Å². The second-order valence-corrected chi connectivity index (χ2v) is 5.09. The Bertz CT molecular complexity index is 249. The van der Waals surface area contributed by atoms with Gasteiger partial charge in [-0.15, -0.1) is 0 Å². The van der Waals surface area contributed by atoms with Crippen LogP contribution in [0.15, 0.2) is 4.99 Å². The second-order valence-electron chi connectivity index (χ2n) is 5.09. The zero-order chi connectivity index (χ0) is 13.4. The van der Waals surface area contributed by atoms with Gasteiger partial charge in [-0.3, -0.25) is 4.99 Å². The van der Waals surface area contributed by atoms with Crippen LogP contribution < -0.4 is 10.6 Å². The summed E-state index contributed by atoms with van der Waals surface area (Å²) in [6.45, 7) is 2.64. The lowest BCUT2D eigenvalue weighted by Gasteiger charge is -2.25. The van der Waals surface area contributed by atoms with Crippen LogP contribution in [0.2, 0.25) is 0 Å². The molecule has 1 rings (SSSR count). The van der Waals surface area contributed by atoms with Gasteiger partial charge in [-0.05, 0) is 39.3 Å². The molecule has 0 spiro atoms. The molecule has 0 aromatic heterocycles. The highest BCUT2D eigenvalue weighted by Crippen LogP contribution is 2.34. The first-order chi connectivity index (χ1) is 8.69. The van der Waals surface area contributed by atoms with Crippen molar-refractivity contribution in [1.82, 2.24) is 15.5 Å². The summed E-state index contributed by atoms with van der Waals surface area (Å²) in [5.41, 5.74) is 0. The van der Waals surface area contributed by atoms with E-state index in [2.05, 4.69) is 34.6 Å². The molecule has 0 amide bonds. The summed E-state index contributed by atoms with van der Waals surface area (Å²) in [5.74, 6) is 1.75. The zero-order valence-corrected chi connectivity index (χ0v) is 12.2. The van der Waals surface area contributed by atoms with Crippen molar-refractivity contribution in [3.8, 4) is 0 Å². The molecule has 0 heterocycles. The maximum absolute atomic E-state index is 5.02. The summed E-state index contributed by atoms with van der Waals surface area (Å²) in [6, 6.07) is 0.613. The van der Waals surface area contributed by atoms with E-state index in [0.29, 0.717) is 6.04 Å². The molecule has 0 aromatic rings. The second kappa shape index (κ2) is 8.32. The molecule has 2 N–H and O–H groups in total. The van der Waals surface area contributed by atoms with Crippen LogP contribution in [0.1, 0.15) is 19.3 Å². The molecule has 5 heteroatoms. The maximum atomic E-state index is 5.02. The quantitative estimate of drug-likeness (QED) is 0.378. The minimum absolute atomic E-state index is 0.613. The van der Waals surface area contributed by atoms with Crippen LogP contribution in [0, 0.1) is 5.92 Å². The molecular weight excluding hydrogens is 228 g/mol. The normalized spacial score (nSPS) is 17.9. The standard InChI is InChI=1S/C13H28N4O/c1-14-13(15-8-5-9-18-4)16-10-12(17(2)3)11-6-7-11/h11-12H,5-10H2,1-4H3,(H2,14,15,16). The zero-order valence-electron chi connectivity index (χ0n) is 12.2. The van der Waals surface area contributed by atoms with Crippen molar-refractivity contribution in [3.05, 3.63) is 0 Å². The molecule has 18 heavy (non-hydrogen) atoms. The predicted molar refractivity (Wildman–Crippen MR) is 76.1 cm³/mol. The van der Waals surface area contributed by atoms with Gasteiger partial charge in [0, 0.05) is 39.9 Å². The van der Waals surface area contributed by atoms with E-state index in [-0.39, 0.29) is 0 Å². The van der Waals surface area contributed by atoms with Gasteiger partial charge < -0.3 is 20.3 Å². The first-order valence-corrected chi connectivity index (χ1v) is 6.79.